The number of carbonyl (C=O) groups excluding carboxylic acids is 2. The number of benzene rings is 4. The summed E-state index contributed by atoms with van der Waals surface area (Å²) >= 11 is 0. The Hall–Kier alpha value is -6.66. The predicted molar refractivity (Wildman–Crippen MR) is 306 cm³/mol. The maximum atomic E-state index is 15.5. The Morgan fingerprint density at radius 2 is 0.949 bits per heavy atom. The molecule has 0 unspecified atom stereocenters. The maximum absolute atomic E-state index is 15.5. The molecule has 8 rings (SSSR count). The van der Waals surface area contributed by atoms with Crippen LogP contribution in [-0.2, 0) is 23.9 Å². The van der Waals surface area contributed by atoms with Crippen molar-refractivity contribution in [2.24, 2.45) is 0 Å². The number of likely N-dealkylation sites (N-methyl/N-ethyl adjacent to an activating group) is 1. The van der Waals surface area contributed by atoms with Gasteiger partial charge in [0.15, 0.2) is 46.2 Å². The van der Waals surface area contributed by atoms with Crippen LogP contribution in [-0.4, -0.2) is 149 Å². The summed E-state index contributed by atoms with van der Waals surface area (Å²) in [7, 11) is 3.32. The number of piperazine rings is 1. The molecule has 4 heterocycles. The van der Waals surface area contributed by atoms with Gasteiger partial charge < -0.3 is 58.0 Å². The lowest BCUT2D eigenvalue weighted by Crippen LogP contribution is -2.46. The van der Waals surface area contributed by atoms with E-state index in [2.05, 4.69) is 63.2 Å². The molecule has 0 bridgehead atoms. The zero-order chi connectivity index (χ0) is 57.7. The number of methoxy groups -OCH3 is 2. The lowest BCUT2D eigenvalue weighted by molar-refractivity contribution is 0.0954. The molecule has 79 heavy (non-hydrogen) atoms. The van der Waals surface area contributed by atoms with Crippen molar-refractivity contribution in [2.45, 2.75) is 119 Å². The summed E-state index contributed by atoms with van der Waals surface area (Å²) in [4.78, 5) is 37.5. The van der Waals surface area contributed by atoms with Crippen LogP contribution in [0.25, 0.3) is 0 Å². The van der Waals surface area contributed by atoms with E-state index in [0.717, 1.165) is 66.7 Å². The number of fused-ring (bicyclic) bond motifs is 2. The Morgan fingerprint density at radius 1 is 0.570 bits per heavy atom. The lowest BCUT2D eigenvalue weighted by Gasteiger charge is -2.37. The van der Waals surface area contributed by atoms with Crippen molar-refractivity contribution in [3.63, 3.8) is 0 Å². The van der Waals surface area contributed by atoms with Gasteiger partial charge in [-0.25, -0.2) is 8.78 Å². The second kappa shape index (κ2) is 25.2. The van der Waals surface area contributed by atoms with E-state index in [0.29, 0.717) is 72.9 Å². The molecule has 0 aliphatic carbocycles. The van der Waals surface area contributed by atoms with E-state index in [1.54, 1.807) is 50.0 Å². The zero-order valence-electron chi connectivity index (χ0n) is 48.8. The monoisotopic (exact) mass is 1100 g/mol. The Balaban J connectivity index is 0.000000229. The minimum atomic E-state index is -0.633. The number of ether oxygens (including phenoxy) is 6. The fraction of sp³-hybridized carbons (Fsp3) is 0.541. The van der Waals surface area contributed by atoms with Crippen molar-refractivity contribution in [3.05, 3.63) is 92.5 Å². The molecule has 0 atom stereocenters. The van der Waals surface area contributed by atoms with Crippen molar-refractivity contribution >= 4 is 34.6 Å². The summed E-state index contributed by atoms with van der Waals surface area (Å²) in [5, 5.41) is 27.5. The number of anilines is 2. The van der Waals surface area contributed by atoms with Crippen LogP contribution in [0.2, 0.25) is 0 Å². The number of halogens is 2. The fourth-order valence-corrected chi connectivity index (χ4v) is 10.8. The van der Waals surface area contributed by atoms with Crippen molar-refractivity contribution in [1.29, 1.82) is 10.8 Å². The molecule has 4 aromatic carbocycles. The van der Waals surface area contributed by atoms with E-state index in [4.69, 9.17) is 39.2 Å². The lowest BCUT2D eigenvalue weighted by atomic mass is 9.84. The molecule has 0 aromatic heterocycles. The maximum Gasteiger partial charge on any atom is 0.197 e. The third kappa shape index (κ3) is 12.9. The van der Waals surface area contributed by atoms with Crippen molar-refractivity contribution in [3.8, 4) is 34.5 Å². The number of nitrogens with one attached hydrogen (secondary N) is 2. The van der Waals surface area contributed by atoms with E-state index in [1.165, 1.54) is 0 Å². The average Bonchev–Trinajstić information content (AvgIpc) is 4.04. The number of piperidine rings is 1. The van der Waals surface area contributed by atoms with Gasteiger partial charge in [0.2, 0.25) is 0 Å². The second-order valence-corrected chi connectivity index (χ2v) is 22.4. The topological polar surface area (TPSA) is 174 Å². The number of ketones is 2. The van der Waals surface area contributed by atoms with Crippen molar-refractivity contribution < 1.29 is 51.9 Å². The van der Waals surface area contributed by atoms with E-state index < -0.39 is 11.6 Å². The SMILES string of the molecule is CCOc1cc2c(c(F)c1OCC)C(=N)N(CC(=O)c1cc(N3CCC(O)CC3)c(OC)c(C(C)(C)C)c1)C2.CCOc1cc2c(c(F)c1OCC)C(=N)N(CC(=O)c1cc(N3CCN(CC)CC3)c(OC)c(C(C)(C)C)c1)C2. The van der Waals surface area contributed by atoms with Gasteiger partial charge in [-0.15, -0.1) is 0 Å². The summed E-state index contributed by atoms with van der Waals surface area (Å²) in [6.45, 7) is 29.4. The van der Waals surface area contributed by atoms with Crippen LogP contribution in [0.15, 0.2) is 36.4 Å². The summed E-state index contributed by atoms with van der Waals surface area (Å²) in [6.07, 6.45) is 0.969. The highest BCUT2D eigenvalue weighted by atomic mass is 19.1. The fourth-order valence-electron chi connectivity index (χ4n) is 10.8. The molecule has 18 heteroatoms. The van der Waals surface area contributed by atoms with E-state index in [9.17, 15) is 14.7 Å². The molecule has 4 aromatic rings. The Morgan fingerprint density at radius 3 is 1.29 bits per heavy atom. The third-order valence-electron chi connectivity index (χ3n) is 15.0. The molecule has 2 fully saturated rings. The average molecular weight is 1100 g/mol. The summed E-state index contributed by atoms with van der Waals surface area (Å²) < 4.78 is 65.1. The largest absolute Gasteiger partial charge is 0.494 e. The predicted octanol–water partition coefficient (Wildman–Crippen LogP) is 10.0. The standard InChI is InChI=1S/C31H43FN4O4.C30H40FN3O5/c1-8-34-11-13-35(14-12-34)23-16-20(15-22(28(23)38-7)31(4,5)6)24(37)19-36-18-21-17-25(39-9-2)29(40-10-3)27(32)26(21)30(36)33;1-7-38-24-15-19-16-34(29(32)25(19)26(31)28(24)39-8-2)17-23(36)18-13-21(30(3,4)5)27(37-6)22(14-18)33-11-9-20(35)10-12-33/h15-17,33H,8-14,18-19H2,1-7H3;13-15,20,32,35H,7-12,16-17H2,1-6H3. The van der Waals surface area contributed by atoms with Crippen LogP contribution in [0.3, 0.4) is 0 Å². The highest BCUT2D eigenvalue weighted by Crippen LogP contribution is 2.45. The molecule has 4 aliphatic rings. The number of Topliss-reactive ketones (excluding diaryl/α,β-unsaturated/α-hetero) is 2. The van der Waals surface area contributed by atoms with Gasteiger partial charge in [0.1, 0.15) is 23.2 Å². The molecule has 16 nitrogen and oxygen atoms in total. The summed E-state index contributed by atoms with van der Waals surface area (Å²) in [5.74, 6) is 0.537. The van der Waals surface area contributed by atoms with Gasteiger partial charge >= 0.3 is 0 Å². The number of aliphatic hydroxyl groups is 1. The molecule has 0 spiro atoms. The highest BCUT2D eigenvalue weighted by molar-refractivity contribution is 6.07. The summed E-state index contributed by atoms with van der Waals surface area (Å²) in [5.41, 5.74) is 5.65. The van der Waals surface area contributed by atoms with Crippen molar-refractivity contribution in [2.75, 3.05) is 109 Å². The van der Waals surface area contributed by atoms with E-state index in [-0.39, 0.29) is 102 Å². The molecule has 0 saturated carbocycles. The molecular weight excluding hydrogens is 1010 g/mol. The van der Waals surface area contributed by atoms with Crippen LogP contribution in [0, 0.1) is 22.5 Å². The molecular formula is C61H83F2N7O9. The van der Waals surface area contributed by atoms with Gasteiger partial charge in [0.05, 0.1) is 82.3 Å². The van der Waals surface area contributed by atoms with Gasteiger partial charge in [-0.05, 0) is 105 Å². The summed E-state index contributed by atoms with van der Waals surface area (Å²) in [6, 6.07) is 11.0. The Labute approximate surface area is 465 Å². The number of rotatable bonds is 19. The van der Waals surface area contributed by atoms with Crippen LogP contribution < -0.4 is 38.2 Å². The molecule has 2 saturated heterocycles. The third-order valence-corrected chi connectivity index (χ3v) is 15.0. The zero-order valence-corrected chi connectivity index (χ0v) is 48.8. The van der Waals surface area contributed by atoms with E-state index in [1.807, 2.05) is 38.1 Å². The minimum absolute atomic E-state index is 0.00251. The number of amidine groups is 2. The molecule has 4 aliphatic heterocycles. The Kier molecular flexibility index (Phi) is 19.1. The normalized spacial score (nSPS) is 15.9. The highest BCUT2D eigenvalue weighted by Gasteiger charge is 2.37. The molecule has 0 radical (unpaired) electrons. The number of carbonyl (C=O) groups is 2. The quantitative estimate of drug-likeness (QED) is 0.0757. The Bertz CT molecular complexity index is 2900. The van der Waals surface area contributed by atoms with Crippen LogP contribution >= 0.6 is 0 Å². The van der Waals surface area contributed by atoms with Gasteiger partial charge in [0, 0.05) is 74.6 Å². The van der Waals surface area contributed by atoms with Gasteiger partial charge in [-0.2, -0.15) is 0 Å². The first-order chi connectivity index (χ1) is 37.5. The number of hydrogen-bond donors (Lipinski definition) is 3. The molecule has 0 amide bonds. The van der Waals surface area contributed by atoms with E-state index >= 15 is 8.78 Å². The van der Waals surface area contributed by atoms with Crippen LogP contribution in [0.5, 0.6) is 34.5 Å². The minimum Gasteiger partial charge on any atom is -0.494 e. The number of hydrogen-bond acceptors (Lipinski definition) is 14. The van der Waals surface area contributed by atoms with Crippen LogP contribution in [0.4, 0.5) is 20.2 Å². The number of aliphatic hydroxyl groups excluding tert-OH is 1. The number of nitrogens with zero attached hydrogens (tertiary/aromatic N) is 5. The molecule has 430 valence electrons. The smallest absolute Gasteiger partial charge is 0.197 e. The van der Waals surface area contributed by atoms with Crippen LogP contribution in [0.1, 0.15) is 143 Å². The first kappa shape index (κ1) is 60.0. The second-order valence-electron chi connectivity index (χ2n) is 22.4. The van der Waals surface area contributed by atoms with Gasteiger partial charge in [-0.3, -0.25) is 20.4 Å². The van der Waals surface area contributed by atoms with Gasteiger partial charge in [-0.1, -0.05) is 48.5 Å². The first-order valence-corrected chi connectivity index (χ1v) is 27.8. The first-order valence-electron chi connectivity index (χ1n) is 27.8. The van der Waals surface area contributed by atoms with Crippen molar-refractivity contribution in [1.82, 2.24) is 14.7 Å². The van der Waals surface area contributed by atoms with Gasteiger partial charge in [0.25, 0.3) is 0 Å². The molecule has 3 N–H and O–H groups in total.